The summed E-state index contributed by atoms with van der Waals surface area (Å²) >= 11 is 0. The quantitative estimate of drug-likeness (QED) is 0.0601. The van der Waals surface area contributed by atoms with E-state index < -0.39 is 23.6 Å². The number of imide groups is 2. The first-order valence-corrected chi connectivity index (χ1v) is 30.0. The minimum absolute atomic E-state index is 0.0576. The van der Waals surface area contributed by atoms with Gasteiger partial charge in [0.2, 0.25) is 0 Å². The molecule has 2 aliphatic heterocycles. The second-order valence-electron chi connectivity index (χ2n) is 22.4. The Balaban J connectivity index is 0.00000188. The fourth-order valence-electron chi connectivity index (χ4n) is 12.2. The van der Waals surface area contributed by atoms with Crippen LogP contribution in [0.5, 0.6) is 46.0 Å². The maximum Gasteiger partial charge on any atom is 0.266 e. The van der Waals surface area contributed by atoms with Crippen LogP contribution in [0.1, 0.15) is 170 Å². The second kappa shape index (κ2) is 23.7. The lowest BCUT2D eigenvalue weighted by atomic mass is 9.80. The molecule has 11 aromatic carbocycles. The van der Waals surface area contributed by atoms with Crippen molar-refractivity contribution < 1.29 is 38.1 Å². The van der Waals surface area contributed by atoms with Gasteiger partial charge in [0.1, 0.15) is 46.0 Å². The van der Waals surface area contributed by atoms with E-state index in [9.17, 15) is 0 Å². The van der Waals surface area contributed by atoms with Gasteiger partial charge in [0.25, 0.3) is 23.6 Å². The minimum atomic E-state index is -0.532. The van der Waals surface area contributed by atoms with E-state index in [2.05, 4.69) is 55.4 Å². The Morgan fingerprint density at radius 1 is 0.267 bits per heavy atom. The van der Waals surface area contributed by atoms with Gasteiger partial charge >= 0.3 is 0 Å². The van der Waals surface area contributed by atoms with Gasteiger partial charge in [0.15, 0.2) is 0 Å². The average molecular weight is 1140 g/mol. The van der Waals surface area contributed by atoms with Gasteiger partial charge < -0.3 is 18.9 Å². The standard InChI is InChI=1S/C72H58N2O8.2C2H6/c1-39(2)47-31-21-32-48(40(3)4)67(47)73-69(75)51-35-55(79-43-23-13-9-14-24-43)61-63-57(81-45-27-17-11-18-28-45)37-53-60-54(72(78)74(71(53)77)68-49(41(5)6)33-22-34-50(68)42(7)8)38-58(82-46-29-19-12-20-30-46)64(66(60)63)62-56(80-44-25-15-10-16-26-44)36-52(70(73)76)59(51)65(61)62;2*1-2/h9-42H,1-8H3;2*1-2H3. The van der Waals surface area contributed by atoms with Crippen LogP contribution in [0, 0.1) is 0 Å². The van der Waals surface area contributed by atoms with Crippen molar-refractivity contribution in [1.29, 1.82) is 0 Å². The van der Waals surface area contributed by atoms with E-state index in [0.717, 1.165) is 22.3 Å². The van der Waals surface area contributed by atoms with Crippen LogP contribution in [0.3, 0.4) is 0 Å². The number of fused-ring (bicyclic) bond motifs is 2. The zero-order valence-electron chi connectivity index (χ0n) is 50.8. The molecule has 11 aromatic rings. The number of hydrogen-bond donors (Lipinski definition) is 0. The number of anilines is 2. The molecule has 0 N–H and O–H groups in total. The summed E-state index contributed by atoms with van der Waals surface area (Å²) in [6.07, 6.45) is 0. The number of carbonyl (C=O) groups is 4. The van der Waals surface area contributed by atoms with E-state index in [0.29, 0.717) is 77.5 Å². The predicted molar refractivity (Wildman–Crippen MR) is 348 cm³/mol. The monoisotopic (exact) mass is 1140 g/mol. The molecule has 0 bridgehead atoms. The fourth-order valence-corrected chi connectivity index (χ4v) is 12.2. The molecule has 86 heavy (non-hydrogen) atoms. The molecule has 0 aliphatic carbocycles. The Morgan fingerprint density at radius 3 is 0.674 bits per heavy atom. The van der Waals surface area contributed by atoms with Gasteiger partial charge in [0, 0.05) is 43.1 Å². The summed E-state index contributed by atoms with van der Waals surface area (Å²) in [5.41, 5.74) is 5.34. The molecular formula is C76H70N2O8. The number of carbonyl (C=O) groups excluding carboxylic acids is 4. The topological polar surface area (TPSA) is 112 Å². The van der Waals surface area contributed by atoms with E-state index in [4.69, 9.17) is 18.9 Å². The Bertz CT molecular complexity index is 3870. The average Bonchev–Trinajstić information content (AvgIpc) is 0.681. The van der Waals surface area contributed by atoms with E-state index >= 15 is 19.2 Å². The van der Waals surface area contributed by atoms with Crippen LogP contribution in [-0.2, 0) is 0 Å². The zero-order chi connectivity index (χ0) is 60.8. The van der Waals surface area contributed by atoms with Crippen LogP contribution in [0.4, 0.5) is 11.4 Å². The summed E-state index contributed by atoms with van der Waals surface area (Å²) < 4.78 is 28.6. The molecule has 4 amide bonds. The highest BCUT2D eigenvalue weighted by Gasteiger charge is 2.44. The van der Waals surface area contributed by atoms with E-state index in [1.54, 1.807) is 24.3 Å². The first-order chi connectivity index (χ1) is 41.7. The molecule has 0 radical (unpaired) electrons. The maximum absolute atomic E-state index is 16.1. The number of para-hydroxylation sites is 6. The van der Waals surface area contributed by atoms with Gasteiger partial charge in [0.05, 0.1) is 33.6 Å². The molecular weight excluding hydrogens is 1070 g/mol. The van der Waals surface area contributed by atoms with E-state index in [-0.39, 0.29) is 68.9 Å². The van der Waals surface area contributed by atoms with Crippen molar-refractivity contribution in [1.82, 2.24) is 0 Å². The molecule has 0 atom stereocenters. The van der Waals surface area contributed by atoms with Gasteiger partial charge in [-0.15, -0.1) is 0 Å². The van der Waals surface area contributed by atoms with Crippen LogP contribution in [-0.4, -0.2) is 23.6 Å². The maximum atomic E-state index is 16.1. The second-order valence-corrected chi connectivity index (χ2v) is 22.4. The highest BCUT2D eigenvalue weighted by atomic mass is 16.5. The molecule has 0 saturated carbocycles. The minimum Gasteiger partial charge on any atom is -0.457 e. The number of nitrogens with zero attached hydrogens (tertiary/aromatic N) is 2. The van der Waals surface area contributed by atoms with Crippen LogP contribution < -0.4 is 28.7 Å². The van der Waals surface area contributed by atoms with Gasteiger partial charge in [-0.25, -0.2) is 9.80 Å². The third kappa shape index (κ3) is 9.72. The lowest BCUT2D eigenvalue weighted by Gasteiger charge is -2.35. The van der Waals surface area contributed by atoms with Crippen LogP contribution in [0.15, 0.2) is 182 Å². The molecule has 10 heteroatoms. The van der Waals surface area contributed by atoms with Crippen molar-refractivity contribution in [2.45, 2.75) is 107 Å². The molecule has 10 nitrogen and oxygen atoms in total. The Morgan fingerprint density at radius 2 is 0.477 bits per heavy atom. The lowest BCUT2D eigenvalue weighted by Crippen LogP contribution is -2.42. The number of amides is 4. The normalized spacial score (nSPS) is 12.9. The van der Waals surface area contributed by atoms with Crippen molar-refractivity contribution in [2.75, 3.05) is 9.80 Å². The molecule has 0 aromatic heterocycles. The van der Waals surface area contributed by atoms with Crippen LogP contribution in [0.2, 0.25) is 0 Å². The molecule has 2 aliphatic rings. The SMILES string of the molecule is CC.CC.CC(C)c1cccc(C(C)C)c1N1C(=O)c2cc(Oc3ccccc3)c3c4c(Oc5ccccc5)cc5c6c(cc(Oc7ccccc7)c(c7c(Oc8ccccc8)cc(c2c37)C1=O)c64)C(=O)N(c1c(C(C)C)cccc1C(C)C)C5=O. The third-order valence-corrected chi connectivity index (χ3v) is 15.9. The van der Waals surface area contributed by atoms with Crippen LogP contribution >= 0.6 is 0 Å². The highest BCUT2D eigenvalue weighted by Crippen LogP contribution is 2.59. The largest absolute Gasteiger partial charge is 0.457 e. The molecule has 0 fully saturated rings. The highest BCUT2D eigenvalue weighted by molar-refractivity contribution is 6.48. The lowest BCUT2D eigenvalue weighted by molar-refractivity contribution is 0.0877. The molecule has 0 saturated heterocycles. The van der Waals surface area contributed by atoms with Crippen molar-refractivity contribution in [3.05, 3.63) is 226 Å². The van der Waals surface area contributed by atoms with Crippen molar-refractivity contribution in [2.24, 2.45) is 0 Å². The Hall–Kier alpha value is -9.80. The number of rotatable bonds is 14. The molecule has 2 heterocycles. The number of hydrogen-bond acceptors (Lipinski definition) is 8. The summed E-state index contributed by atoms with van der Waals surface area (Å²) in [5, 5.41) is 3.40. The van der Waals surface area contributed by atoms with E-state index in [1.807, 2.05) is 185 Å². The molecule has 0 spiro atoms. The van der Waals surface area contributed by atoms with Gasteiger partial charge in [-0.3, -0.25) is 19.2 Å². The number of benzene rings is 11. The Kier molecular flexibility index (Phi) is 16.0. The summed E-state index contributed by atoms with van der Waals surface area (Å²) in [4.78, 5) is 67.1. The fraction of sp³-hybridized carbons (Fsp3) is 0.211. The molecule has 0 unspecified atom stereocenters. The summed E-state index contributed by atoms with van der Waals surface area (Å²) in [5.74, 6) is 0.492. The first-order valence-electron chi connectivity index (χ1n) is 30.0. The number of ether oxygens (including phenoxy) is 4. The van der Waals surface area contributed by atoms with Crippen molar-refractivity contribution in [3.63, 3.8) is 0 Å². The third-order valence-electron chi connectivity index (χ3n) is 15.9. The zero-order valence-corrected chi connectivity index (χ0v) is 50.8. The summed E-state index contributed by atoms with van der Waals surface area (Å²) in [6.45, 7) is 24.5. The smallest absolute Gasteiger partial charge is 0.266 e. The van der Waals surface area contributed by atoms with Gasteiger partial charge in [-0.05, 0) is 119 Å². The Labute approximate surface area is 502 Å². The molecule has 13 rings (SSSR count). The van der Waals surface area contributed by atoms with Crippen molar-refractivity contribution >= 4 is 78.1 Å². The van der Waals surface area contributed by atoms with Gasteiger partial charge in [-0.2, -0.15) is 0 Å². The molecule has 432 valence electrons. The first kappa shape index (κ1) is 58.0. The van der Waals surface area contributed by atoms with Crippen LogP contribution in [0.25, 0.3) is 43.1 Å². The predicted octanol–water partition coefficient (Wildman–Crippen LogP) is 21.1. The van der Waals surface area contributed by atoms with Crippen molar-refractivity contribution in [3.8, 4) is 46.0 Å². The summed E-state index contributed by atoms with van der Waals surface area (Å²) in [7, 11) is 0. The van der Waals surface area contributed by atoms with E-state index in [1.165, 1.54) is 9.80 Å². The summed E-state index contributed by atoms with van der Waals surface area (Å²) in [6, 6.07) is 56.0. The van der Waals surface area contributed by atoms with Gasteiger partial charge in [-0.1, -0.05) is 192 Å².